The summed E-state index contributed by atoms with van der Waals surface area (Å²) in [4.78, 5) is 4.69. The van der Waals surface area contributed by atoms with E-state index in [1.807, 2.05) is 0 Å². The van der Waals surface area contributed by atoms with Crippen molar-refractivity contribution in [2.24, 2.45) is 17.8 Å². The molecular formula is C24H24F3N3O4S. The predicted molar refractivity (Wildman–Crippen MR) is 121 cm³/mol. The zero-order valence-electron chi connectivity index (χ0n) is 18.7. The number of sulfonamides is 1. The van der Waals surface area contributed by atoms with Crippen LogP contribution in [0.5, 0.6) is 5.75 Å². The Hall–Kier alpha value is -2.82. The molecule has 3 aromatic rings. The molecule has 1 N–H and O–H groups in total. The lowest BCUT2D eigenvalue weighted by Crippen LogP contribution is -2.48. The number of hydrogen-bond acceptors (Lipinski definition) is 6. The van der Waals surface area contributed by atoms with Gasteiger partial charge in [0.25, 0.3) is 0 Å². The largest absolute Gasteiger partial charge is 0.516 e. The molecule has 0 saturated heterocycles. The summed E-state index contributed by atoms with van der Waals surface area (Å²) in [5, 5.41) is 5.29. The number of rotatable bonds is 6. The Balaban J connectivity index is 1.18. The smallest absolute Gasteiger partial charge is 0.485 e. The quantitative estimate of drug-likeness (QED) is 0.471. The lowest BCUT2D eigenvalue weighted by Gasteiger charge is -2.55. The van der Waals surface area contributed by atoms with Gasteiger partial charge in [-0.2, -0.15) is 26.6 Å². The maximum atomic E-state index is 12.7. The predicted octanol–water partition coefficient (Wildman–Crippen LogP) is 5.53. The minimum absolute atomic E-state index is 0.000401. The van der Waals surface area contributed by atoms with Gasteiger partial charge >= 0.3 is 15.5 Å². The topological polar surface area (TPSA) is 94.3 Å². The third-order valence-electron chi connectivity index (χ3n) is 7.71. The van der Waals surface area contributed by atoms with E-state index >= 15 is 0 Å². The Bertz CT molecular complexity index is 1350. The summed E-state index contributed by atoms with van der Waals surface area (Å²) in [5.74, 6) is 3.92. The van der Waals surface area contributed by atoms with Crippen LogP contribution in [-0.4, -0.2) is 24.1 Å². The Labute approximate surface area is 200 Å². The first-order valence-corrected chi connectivity index (χ1v) is 13.2. The number of hydrogen-bond donors (Lipinski definition) is 1. The maximum absolute atomic E-state index is 12.7. The van der Waals surface area contributed by atoms with Crippen molar-refractivity contribution in [2.75, 3.05) is 4.72 Å². The number of benzene rings is 2. The second-order valence-electron chi connectivity index (χ2n) is 10.2. The zero-order chi connectivity index (χ0) is 24.4. The van der Waals surface area contributed by atoms with Gasteiger partial charge in [-0.15, -0.1) is 0 Å². The van der Waals surface area contributed by atoms with E-state index in [9.17, 15) is 21.6 Å². The summed E-state index contributed by atoms with van der Waals surface area (Å²) in [7, 11) is -5.50. The highest BCUT2D eigenvalue weighted by molar-refractivity contribution is 7.93. The molecule has 4 saturated carbocycles. The van der Waals surface area contributed by atoms with Gasteiger partial charge in [0.05, 0.1) is 5.41 Å². The van der Waals surface area contributed by atoms with Gasteiger partial charge in [-0.1, -0.05) is 17.3 Å². The van der Waals surface area contributed by atoms with Crippen molar-refractivity contribution >= 4 is 26.5 Å². The van der Waals surface area contributed by atoms with Gasteiger partial charge in [0.2, 0.25) is 11.7 Å². The van der Waals surface area contributed by atoms with Gasteiger partial charge in [-0.25, -0.2) is 0 Å². The second-order valence-corrected chi connectivity index (χ2v) is 11.9. The number of alkyl halides is 3. The molecular weight excluding hydrogens is 483 g/mol. The van der Waals surface area contributed by atoms with Gasteiger partial charge in [-0.3, -0.25) is 4.72 Å². The molecule has 1 aromatic heterocycles. The van der Waals surface area contributed by atoms with Crippen LogP contribution >= 0.6 is 0 Å². The molecule has 35 heavy (non-hydrogen) atoms. The molecule has 2 aromatic carbocycles. The van der Waals surface area contributed by atoms with Crippen LogP contribution in [0.3, 0.4) is 0 Å². The van der Waals surface area contributed by atoms with E-state index in [0.29, 0.717) is 22.3 Å². The lowest BCUT2D eigenvalue weighted by atomic mass is 9.49. The maximum Gasteiger partial charge on any atom is 0.516 e. The summed E-state index contributed by atoms with van der Waals surface area (Å²) in [5.41, 5.74) is -5.59. The average molecular weight is 508 g/mol. The molecule has 0 spiro atoms. The van der Waals surface area contributed by atoms with Crippen molar-refractivity contribution in [3.05, 3.63) is 48.1 Å². The van der Waals surface area contributed by atoms with E-state index in [1.54, 1.807) is 22.9 Å². The van der Waals surface area contributed by atoms with Crippen molar-refractivity contribution in [3.8, 4) is 5.75 Å². The van der Waals surface area contributed by atoms with Gasteiger partial charge in [-0.05, 0) is 85.9 Å². The highest BCUT2D eigenvalue weighted by Crippen LogP contribution is 2.60. The van der Waals surface area contributed by atoms with Crippen LogP contribution < -0.4 is 9.46 Å². The molecule has 0 unspecified atom stereocenters. The summed E-state index contributed by atoms with van der Waals surface area (Å²) in [6, 6.07) is 9.16. The standard InChI is InChI=1S/C24H24F3N3O4S/c25-24(26,27)35(31,32)30-18-4-5-19-17(9-18)2-1-3-20(19)33-13-21-28-22(34-29-21)23-10-14-6-15(11-23)8-16(7-14)12-23/h1-5,9,14-16,30H,6-8,10-13H2. The number of ether oxygens (including phenoxy) is 1. The van der Waals surface area contributed by atoms with Crippen LogP contribution in [0.4, 0.5) is 18.9 Å². The lowest BCUT2D eigenvalue weighted by molar-refractivity contribution is -0.0429. The molecule has 0 amide bonds. The highest BCUT2D eigenvalue weighted by atomic mass is 32.2. The molecule has 7 rings (SSSR count). The summed E-state index contributed by atoms with van der Waals surface area (Å²) >= 11 is 0. The van der Waals surface area contributed by atoms with Crippen molar-refractivity contribution < 1.29 is 30.8 Å². The van der Waals surface area contributed by atoms with Crippen LogP contribution in [0.1, 0.15) is 50.2 Å². The van der Waals surface area contributed by atoms with Crippen molar-refractivity contribution in [1.82, 2.24) is 10.1 Å². The van der Waals surface area contributed by atoms with Crippen LogP contribution in [0.15, 0.2) is 40.9 Å². The fourth-order valence-electron chi connectivity index (χ4n) is 6.70. The Morgan fingerprint density at radius 1 is 1.06 bits per heavy atom. The first kappa shape index (κ1) is 22.6. The van der Waals surface area contributed by atoms with Crippen LogP contribution in [0.2, 0.25) is 0 Å². The molecule has 4 aliphatic carbocycles. The summed E-state index contributed by atoms with van der Waals surface area (Å²) < 4.78 is 74.0. The number of nitrogens with one attached hydrogen (secondary N) is 1. The number of aromatic nitrogens is 2. The monoisotopic (exact) mass is 507 g/mol. The number of fused-ring (bicyclic) bond motifs is 1. The van der Waals surface area contributed by atoms with Gasteiger partial charge in [0.1, 0.15) is 5.75 Å². The fraction of sp³-hybridized carbons (Fsp3) is 0.500. The second kappa shape index (κ2) is 7.84. The minimum atomic E-state index is -5.50. The van der Waals surface area contributed by atoms with Gasteiger partial charge in [0, 0.05) is 11.1 Å². The normalized spacial score (nSPS) is 27.9. The van der Waals surface area contributed by atoms with E-state index in [1.165, 1.54) is 37.5 Å². The molecule has 0 radical (unpaired) electrons. The van der Waals surface area contributed by atoms with Crippen LogP contribution in [-0.2, 0) is 22.0 Å². The molecule has 4 bridgehead atoms. The molecule has 7 nitrogen and oxygen atoms in total. The molecule has 11 heteroatoms. The number of anilines is 1. The number of halogens is 3. The first-order chi connectivity index (χ1) is 16.6. The molecule has 4 fully saturated rings. The van der Waals surface area contributed by atoms with E-state index in [4.69, 9.17) is 9.26 Å². The third kappa shape index (κ3) is 4.03. The van der Waals surface area contributed by atoms with Crippen molar-refractivity contribution in [3.63, 3.8) is 0 Å². The Morgan fingerprint density at radius 3 is 2.40 bits per heavy atom. The third-order valence-corrected chi connectivity index (χ3v) is 8.83. The van der Waals surface area contributed by atoms with Crippen LogP contribution in [0, 0.1) is 17.8 Å². The average Bonchev–Trinajstić information content (AvgIpc) is 3.25. The first-order valence-electron chi connectivity index (χ1n) is 11.7. The SMILES string of the molecule is O=S(=O)(Nc1ccc2c(OCc3noc(C45CC6CC(CC(C6)C4)C5)n3)cccc2c1)C(F)(F)F. The van der Waals surface area contributed by atoms with E-state index in [2.05, 4.69) is 10.1 Å². The van der Waals surface area contributed by atoms with Crippen molar-refractivity contribution in [2.45, 2.75) is 56.1 Å². The molecule has 186 valence electrons. The molecule has 0 aliphatic heterocycles. The number of nitrogens with zero attached hydrogens (tertiary/aromatic N) is 2. The van der Waals surface area contributed by atoms with Crippen LogP contribution in [0.25, 0.3) is 10.8 Å². The van der Waals surface area contributed by atoms with E-state index in [0.717, 1.165) is 42.9 Å². The minimum Gasteiger partial charge on any atom is -0.485 e. The Kier molecular flexibility index (Phi) is 5.07. The van der Waals surface area contributed by atoms with Crippen molar-refractivity contribution in [1.29, 1.82) is 0 Å². The summed E-state index contributed by atoms with van der Waals surface area (Å²) in [6.45, 7) is 0.0808. The van der Waals surface area contributed by atoms with Gasteiger partial charge in [0.15, 0.2) is 6.61 Å². The molecule has 1 heterocycles. The van der Waals surface area contributed by atoms with E-state index in [-0.39, 0.29) is 17.7 Å². The highest BCUT2D eigenvalue weighted by Gasteiger charge is 2.54. The Morgan fingerprint density at radius 2 is 1.74 bits per heavy atom. The van der Waals surface area contributed by atoms with Gasteiger partial charge < -0.3 is 9.26 Å². The zero-order valence-corrected chi connectivity index (χ0v) is 19.5. The summed E-state index contributed by atoms with van der Waals surface area (Å²) in [6.07, 6.45) is 7.32. The molecule has 4 aliphatic rings. The van der Waals surface area contributed by atoms with E-state index < -0.39 is 15.5 Å². The molecule has 0 atom stereocenters. The fourth-order valence-corrected chi connectivity index (χ4v) is 7.25.